The number of nitrogens with two attached hydrogens (primary N) is 1. The van der Waals surface area contributed by atoms with Crippen molar-refractivity contribution in [2.75, 3.05) is 6.67 Å². The maximum Gasteiger partial charge on any atom is 0.0894 e. The van der Waals surface area contributed by atoms with Gasteiger partial charge < -0.3 is 5.73 Å². The standard InChI is InChI=1S/C7H16FN/c1-2-7(9)5-3-4-6-8/h7H,2-6,9H2,1H3. The molecule has 0 bridgehead atoms. The van der Waals surface area contributed by atoms with Crippen molar-refractivity contribution in [1.82, 2.24) is 0 Å². The first-order chi connectivity index (χ1) is 4.31. The Bertz CT molecular complexity index is 56.9. The molecule has 0 saturated heterocycles. The molecule has 0 fully saturated rings. The third-order valence-electron chi connectivity index (χ3n) is 1.48. The molecule has 0 spiro atoms. The van der Waals surface area contributed by atoms with Crippen LogP contribution in [0.15, 0.2) is 0 Å². The molecule has 0 aromatic rings. The lowest BCUT2D eigenvalue weighted by atomic mass is 10.1. The lowest BCUT2D eigenvalue weighted by molar-refractivity contribution is 0.441. The average Bonchev–Trinajstić information content (AvgIpc) is 1.89. The van der Waals surface area contributed by atoms with E-state index in [1.54, 1.807) is 0 Å². The highest BCUT2D eigenvalue weighted by atomic mass is 19.1. The van der Waals surface area contributed by atoms with E-state index in [9.17, 15) is 4.39 Å². The van der Waals surface area contributed by atoms with Crippen LogP contribution in [0.2, 0.25) is 0 Å². The van der Waals surface area contributed by atoms with E-state index in [0.29, 0.717) is 6.42 Å². The molecule has 0 aromatic carbocycles. The van der Waals surface area contributed by atoms with E-state index < -0.39 is 0 Å². The molecule has 2 heteroatoms. The van der Waals surface area contributed by atoms with Gasteiger partial charge >= 0.3 is 0 Å². The normalized spacial score (nSPS) is 13.7. The number of unbranched alkanes of at least 4 members (excludes halogenated alkanes) is 1. The van der Waals surface area contributed by atoms with Gasteiger partial charge in [0.25, 0.3) is 0 Å². The molecule has 0 heterocycles. The molecule has 0 radical (unpaired) electrons. The summed E-state index contributed by atoms with van der Waals surface area (Å²) in [7, 11) is 0. The second-order valence-corrected chi connectivity index (χ2v) is 2.35. The van der Waals surface area contributed by atoms with Crippen molar-refractivity contribution in [3.05, 3.63) is 0 Å². The van der Waals surface area contributed by atoms with Crippen LogP contribution in [-0.4, -0.2) is 12.7 Å². The number of alkyl halides is 1. The molecular formula is C7H16FN. The zero-order chi connectivity index (χ0) is 7.11. The van der Waals surface area contributed by atoms with Crippen LogP contribution in [0.1, 0.15) is 32.6 Å². The van der Waals surface area contributed by atoms with E-state index in [0.717, 1.165) is 19.3 Å². The van der Waals surface area contributed by atoms with Crippen LogP contribution in [0, 0.1) is 0 Å². The Balaban J connectivity index is 2.88. The van der Waals surface area contributed by atoms with Crippen LogP contribution >= 0.6 is 0 Å². The highest BCUT2D eigenvalue weighted by Crippen LogP contribution is 2.01. The largest absolute Gasteiger partial charge is 0.328 e. The van der Waals surface area contributed by atoms with Crippen LogP contribution in [0.5, 0.6) is 0 Å². The Hall–Kier alpha value is -0.110. The van der Waals surface area contributed by atoms with Gasteiger partial charge in [0.2, 0.25) is 0 Å². The third-order valence-corrected chi connectivity index (χ3v) is 1.48. The van der Waals surface area contributed by atoms with Crippen LogP contribution in [0.25, 0.3) is 0 Å². The average molecular weight is 133 g/mol. The molecular weight excluding hydrogens is 117 g/mol. The van der Waals surface area contributed by atoms with Crippen molar-refractivity contribution in [3.8, 4) is 0 Å². The van der Waals surface area contributed by atoms with Crippen molar-refractivity contribution in [3.63, 3.8) is 0 Å². The minimum Gasteiger partial charge on any atom is -0.328 e. The summed E-state index contributed by atoms with van der Waals surface area (Å²) >= 11 is 0. The SMILES string of the molecule is CCC(N)CCCCF. The van der Waals surface area contributed by atoms with Gasteiger partial charge in [-0.25, -0.2) is 0 Å². The van der Waals surface area contributed by atoms with Crippen LogP contribution in [-0.2, 0) is 0 Å². The summed E-state index contributed by atoms with van der Waals surface area (Å²) in [4.78, 5) is 0. The van der Waals surface area contributed by atoms with Crippen LogP contribution in [0.3, 0.4) is 0 Å². The maximum absolute atomic E-state index is 11.5. The molecule has 56 valence electrons. The first-order valence-electron chi connectivity index (χ1n) is 3.62. The van der Waals surface area contributed by atoms with E-state index in [1.165, 1.54) is 0 Å². The Morgan fingerprint density at radius 3 is 2.56 bits per heavy atom. The highest BCUT2D eigenvalue weighted by Gasteiger charge is 1.96. The topological polar surface area (TPSA) is 26.0 Å². The second-order valence-electron chi connectivity index (χ2n) is 2.35. The summed E-state index contributed by atoms with van der Waals surface area (Å²) in [5.41, 5.74) is 5.59. The smallest absolute Gasteiger partial charge is 0.0894 e. The molecule has 0 aliphatic heterocycles. The number of rotatable bonds is 5. The molecule has 0 saturated carbocycles. The summed E-state index contributed by atoms with van der Waals surface area (Å²) < 4.78 is 11.5. The third kappa shape index (κ3) is 5.77. The zero-order valence-corrected chi connectivity index (χ0v) is 6.07. The minimum absolute atomic E-state index is 0.198. The minimum atomic E-state index is -0.198. The lowest BCUT2D eigenvalue weighted by Crippen LogP contribution is -2.17. The van der Waals surface area contributed by atoms with E-state index in [2.05, 4.69) is 6.92 Å². The molecule has 9 heavy (non-hydrogen) atoms. The summed E-state index contributed by atoms with van der Waals surface area (Å²) in [6, 6.07) is 0.288. The summed E-state index contributed by atoms with van der Waals surface area (Å²) in [6.07, 6.45) is 3.59. The lowest BCUT2D eigenvalue weighted by Gasteiger charge is -2.05. The molecule has 0 rings (SSSR count). The fourth-order valence-electron chi connectivity index (χ4n) is 0.705. The van der Waals surface area contributed by atoms with Gasteiger partial charge in [0.1, 0.15) is 0 Å². The molecule has 0 aliphatic carbocycles. The van der Waals surface area contributed by atoms with Crippen molar-refractivity contribution < 1.29 is 4.39 Å². The predicted molar refractivity (Wildman–Crippen MR) is 38.1 cm³/mol. The van der Waals surface area contributed by atoms with Gasteiger partial charge in [-0.05, 0) is 25.7 Å². The molecule has 0 aromatic heterocycles. The van der Waals surface area contributed by atoms with Gasteiger partial charge in [0, 0.05) is 6.04 Å². The highest BCUT2D eigenvalue weighted by molar-refractivity contribution is 4.57. The fraction of sp³-hybridized carbons (Fsp3) is 1.00. The van der Waals surface area contributed by atoms with Gasteiger partial charge in [0.05, 0.1) is 6.67 Å². The number of halogens is 1. The van der Waals surface area contributed by atoms with Gasteiger partial charge in [-0.15, -0.1) is 0 Å². The van der Waals surface area contributed by atoms with E-state index in [4.69, 9.17) is 5.73 Å². The monoisotopic (exact) mass is 133 g/mol. The Morgan fingerprint density at radius 1 is 1.44 bits per heavy atom. The van der Waals surface area contributed by atoms with Gasteiger partial charge in [0.15, 0.2) is 0 Å². The van der Waals surface area contributed by atoms with Gasteiger partial charge in [-0.3, -0.25) is 4.39 Å². The Labute approximate surface area is 56.4 Å². The van der Waals surface area contributed by atoms with Crippen molar-refractivity contribution in [1.29, 1.82) is 0 Å². The van der Waals surface area contributed by atoms with Gasteiger partial charge in [-0.1, -0.05) is 6.92 Å². The van der Waals surface area contributed by atoms with E-state index in [1.807, 2.05) is 0 Å². The van der Waals surface area contributed by atoms with Crippen molar-refractivity contribution in [2.24, 2.45) is 5.73 Å². The first-order valence-corrected chi connectivity index (χ1v) is 3.62. The molecule has 0 aliphatic rings. The van der Waals surface area contributed by atoms with Crippen molar-refractivity contribution in [2.45, 2.75) is 38.6 Å². The molecule has 0 amide bonds. The van der Waals surface area contributed by atoms with Crippen LogP contribution < -0.4 is 5.73 Å². The Kier molecular flexibility index (Phi) is 5.94. The quantitative estimate of drug-likeness (QED) is 0.569. The number of hydrogen-bond donors (Lipinski definition) is 1. The fourth-order valence-corrected chi connectivity index (χ4v) is 0.705. The predicted octanol–water partition coefficient (Wildman–Crippen LogP) is 1.86. The maximum atomic E-state index is 11.5. The van der Waals surface area contributed by atoms with E-state index >= 15 is 0 Å². The summed E-state index contributed by atoms with van der Waals surface area (Å²) in [5.74, 6) is 0. The second kappa shape index (κ2) is 6.02. The number of hydrogen-bond acceptors (Lipinski definition) is 1. The molecule has 1 nitrogen and oxygen atoms in total. The zero-order valence-electron chi connectivity index (χ0n) is 6.07. The van der Waals surface area contributed by atoms with E-state index in [-0.39, 0.29) is 12.7 Å². The summed E-state index contributed by atoms with van der Waals surface area (Å²) in [5, 5.41) is 0. The first kappa shape index (κ1) is 8.89. The van der Waals surface area contributed by atoms with Gasteiger partial charge in [-0.2, -0.15) is 0 Å². The van der Waals surface area contributed by atoms with Crippen LogP contribution in [0.4, 0.5) is 4.39 Å². The molecule has 1 atom stereocenters. The van der Waals surface area contributed by atoms with Crippen molar-refractivity contribution >= 4 is 0 Å². The molecule has 1 unspecified atom stereocenters. The summed E-state index contributed by atoms with van der Waals surface area (Å²) in [6.45, 7) is 1.86. The molecule has 2 N–H and O–H groups in total. The Morgan fingerprint density at radius 2 is 2.11 bits per heavy atom.